The van der Waals surface area contributed by atoms with Gasteiger partial charge in [-0.1, -0.05) is 0 Å². The van der Waals surface area contributed by atoms with Gasteiger partial charge in [0.25, 0.3) is 0 Å². The second-order valence-corrected chi connectivity index (χ2v) is 6.82. The highest BCUT2D eigenvalue weighted by molar-refractivity contribution is 7.89. The Kier molecular flexibility index (Phi) is 3.94. The summed E-state index contributed by atoms with van der Waals surface area (Å²) in [7, 11) is -3.65. The summed E-state index contributed by atoms with van der Waals surface area (Å²) in [4.78, 5) is 0.160. The van der Waals surface area contributed by atoms with Gasteiger partial charge in [0, 0.05) is 12.6 Å². The molecule has 0 saturated heterocycles. The molecule has 6 heteroatoms. The Hall–Kier alpha value is -0.980. The Labute approximate surface area is 113 Å². The molecule has 0 amide bonds. The van der Waals surface area contributed by atoms with Crippen molar-refractivity contribution in [3.05, 3.63) is 29.1 Å². The fourth-order valence-electron chi connectivity index (χ4n) is 2.41. The van der Waals surface area contributed by atoms with Crippen molar-refractivity contribution in [2.24, 2.45) is 11.7 Å². The number of benzene rings is 1. The highest BCUT2D eigenvalue weighted by Crippen LogP contribution is 2.33. The SMILES string of the molecule is Cc1cc(F)cc(C)c1S(=O)(=O)NC(CN)C1CC1. The van der Waals surface area contributed by atoms with Crippen LogP contribution >= 0.6 is 0 Å². The predicted octanol–water partition coefficient (Wildman–Crippen LogP) is 1.46. The minimum absolute atomic E-state index is 0.160. The predicted molar refractivity (Wildman–Crippen MR) is 71.8 cm³/mol. The molecule has 1 fully saturated rings. The zero-order valence-electron chi connectivity index (χ0n) is 11.1. The van der Waals surface area contributed by atoms with E-state index in [1.54, 1.807) is 13.8 Å². The third-order valence-corrected chi connectivity index (χ3v) is 5.24. The molecule has 1 saturated carbocycles. The van der Waals surface area contributed by atoms with Crippen LogP contribution in [0.15, 0.2) is 17.0 Å². The molecule has 0 aromatic heterocycles. The van der Waals surface area contributed by atoms with Crippen LogP contribution in [0, 0.1) is 25.6 Å². The van der Waals surface area contributed by atoms with Crippen LogP contribution in [0.25, 0.3) is 0 Å². The molecule has 1 aliphatic rings. The second kappa shape index (κ2) is 5.19. The zero-order chi connectivity index (χ0) is 14.2. The highest BCUT2D eigenvalue weighted by Gasteiger charge is 2.34. The molecular weight excluding hydrogens is 267 g/mol. The third-order valence-electron chi connectivity index (χ3n) is 3.45. The molecule has 106 valence electrons. The first-order valence-electron chi connectivity index (χ1n) is 6.34. The summed E-state index contributed by atoms with van der Waals surface area (Å²) in [6.07, 6.45) is 2.01. The van der Waals surface area contributed by atoms with Gasteiger partial charge < -0.3 is 5.73 Å². The molecule has 3 N–H and O–H groups in total. The molecule has 19 heavy (non-hydrogen) atoms. The van der Waals surface area contributed by atoms with E-state index in [9.17, 15) is 12.8 Å². The molecule has 0 aliphatic heterocycles. The first-order chi connectivity index (χ1) is 8.85. The van der Waals surface area contributed by atoms with Gasteiger partial charge in [-0.05, 0) is 55.9 Å². The summed E-state index contributed by atoms with van der Waals surface area (Å²) in [5, 5.41) is 0. The quantitative estimate of drug-likeness (QED) is 0.860. The van der Waals surface area contributed by atoms with Crippen LogP contribution in [0.3, 0.4) is 0 Å². The van der Waals surface area contributed by atoms with Crippen molar-refractivity contribution in [2.75, 3.05) is 6.54 Å². The molecule has 1 aromatic carbocycles. The molecule has 0 bridgehead atoms. The minimum atomic E-state index is -3.65. The van der Waals surface area contributed by atoms with Gasteiger partial charge in [-0.2, -0.15) is 0 Å². The van der Waals surface area contributed by atoms with Crippen molar-refractivity contribution in [1.29, 1.82) is 0 Å². The lowest BCUT2D eigenvalue weighted by Crippen LogP contribution is -2.42. The number of sulfonamides is 1. The summed E-state index contributed by atoms with van der Waals surface area (Å²) in [6, 6.07) is 2.24. The van der Waals surface area contributed by atoms with Gasteiger partial charge in [0.1, 0.15) is 5.82 Å². The first kappa shape index (κ1) is 14.4. The molecule has 0 heterocycles. The molecule has 0 spiro atoms. The summed E-state index contributed by atoms with van der Waals surface area (Å²) >= 11 is 0. The van der Waals surface area contributed by atoms with Gasteiger partial charge in [-0.3, -0.25) is 0 Å². The van der Waals surface area contributed by atoms with Crippen LogP contribution in [0.4, 0.5) is 4.39 Å². The fourth-order valence-corrected chi connectivity index (χ4v) is 4.19. The first-order valence-corrected chi connectivity index (χ1v) is 7.82. The number of hydrogen-bond acceptors (Lipinski definition) is 3. The topological polar surface area (TPSA) is 72.2 Å². The smallest absolute Gasteiger partial charge is 0.241 e. The normalized spacial score (nSPS) is 17.5. The van der Waals surface area contributed by atoms with Crippen LogP contribution in [-0.2, 0) is 10.0 Å². The fraction of sp³-hybridized carbons (Fsp3) is 0.538. The van der Waals surface area contributed by atoms with Crippen LogP contribution in [0.5, 0.6) is 0 Å². The number of hydrogen-bond donors (Lipinski definition) is 2. The van der Waals surface area contributed by atoms with Crippen LogP contribution < -0.4 is 10.5 Å². The van der Waals surface area contributed by atoms with E-state index < -0.39 is 15.8 Å². The molecule has 0 radical (unpaired) electrons. The van der Waals surface area contributed by atoms with Crippen LogP contribution in [-0.4, -0.2) is 21.0 Å². The number of rotatable bonds is 5. The summed E-state index contributed by atoms with van der Waals surface area (Å²) in [6.45, 7) is 3.47. The van der Waals surface area contributed by atoms with Gasteiger partial charge in [0.2, 0.25) is 10.0 Å². The second-order valence-electron chi connectivity index (χ2n) is 5.17. The maximum absolute atomic E-state index is 13.2. The van der Waals surface area contributed by atoms with E-state index in [4.69, 9.17) is 5.73 Å². The summed E-state index contributed by atoms with van der Waals surface area (Å²) in [5.41, 5.74) is 6.44. The third kappa shape index (κ3) is 3.13. The van der Waals surface area contributed by atoms with Crippen molar-refractivity contribution in [2.45, 2.75) is 37.6 Å². The monoisotopic (exact) mass is 286 g/mol. The van der Waals surface area contributed by atoms with Crippen LogP contribution in [0.1, 0.15) is 24.0 Å². The average molecular weight is 286 g/mol. The van der Waals surface area contributed by atoms with E-state index in [2.05, 4.69) is 4.72 Å². The van der Waals surface area contributed by atoms with Crippen molar-refractivity contribution in [1.82, 2.24) is 4.72 Å². The molecule has 1 unspecified atom stereocenters. The lowest BCUT2D eigenvalue weighted by atomic mass is 10.1. The molecule has 2 rings (SSSR count). The van der Waals surface area contributed by atoms with Gasteiger partial charge in [-0.15, -0.1) is 0 Å². The molecule has 4 nitrogen and oxygen atoms in total. The highest BCUT2D eigenvalue weighted by atomic mass is 32.2. The van der Waals surface area contributed by atoms with Gasteiger partial charge in [-0.25, -0.2) is 17.5 Å². The standard InChI is InChI=1S/C13H19FN2O2S/c1-8-5-11(14)6-9(2)13(8)19(17,18)16-12(7-15)10-3-4-10/h5-6,10,12,16H,3-4,7,15H2,1-2H3. The number of halogens is 1. The molecule has 1 aliphatic carbocycles. The van der Waals surface area contributed by atoms with E-state index >= 15 is 0 Å². The van der Waals surface area contributed by atoms with E-state index in [1.807, 2.05) is 0 Å². The number of nitrogens with two attached hydrogens (primary N) is 1. The van der Waals surface area contributed by atoms with Crippen molar-refractivity contribution in [3.63, 3.8) is 0 Å². The van der Waals surface area contributed by atoms with E-state index in [-0.39, 0.29) is 17.5 Å². The Morgan fingerprint density at radius 2 is 1.89 bits per heavy atom. The molecular formula is C13H19FN2O2S. The summed E-state index contributed by atoms with van der Waals surface area (Å²) < 4.78 is 40.7. The maximum Gasteiger partial charge on any atom is 0.241 e. The lowest BCUT2D eigenvalue weighted by molar-refractivity contribution is 0.518. The van der Waals surface area contributed by atoms with Gasteiger partial charge in [0.05, 0.1) is 4.90 Å². The average Bonchev–Trinajstić information content (AvgIpc) is 3.07. The molecule has 1 atom stereocenters. The van der Waals surface area contributed by atoms with E-state index in [0.29, 0.717) is 17.0 Å². The summed E-state index contributed by atoms with van der Waals surface area (Å²) in [5.74, 6) is -0.0904. The van der Waals surface area contributed by atoms with Crippen LogP contribution in [0.2, 0.25) is 0 Å². The Morgan fingerprint density at radius 1 is 1.37 bits per heavy atom. The Balaban J connectivity index is 2.33. The minimum Gasteiger partial charge on any atom is -0.329 e. The lowest BCUT2D eigenvalue weighted by Gasteiger charge is -2.18. The van der Waals surface area contributed by atoms with Gasteiger partial charge in [0.15, 0.2) is 0 Å². The van der Waals surface area contributed by atoms with Crippen molar-refractivity contribution in [3.8, 4) is 0 Å². The Bertz CT molecular complexity index is 559. The van der Waals surface area contributed by atoms with Crippen molar-refractivity contribution >= 4 is 10.0 Å². The zero-order valence-corrected chi connectivity index (χ0v) is 11.9. The van der Waals surface area contributed by atoms with Gasteiger partial charge >= 0.3 is 0 Å². The number of nitrogens with one attached hydrogen (secondary N) is 1. The Morgan fingerprint density at radius 3 is 2.32 bits per heavy atom. The van der Waals surface area contributed by atoms with Crippen molar-refractivity contribution < 1.29 is 12.8 Å². The maximum atomic E-state index is 13.2. The van der Waals surface area contributed by atoms with E-state index in [0.717, 1.165) is 12.8 Å². The number of aryl methyl sites for hydroxylation is 2. The largest absolute Gasteiger partial charge is 0.329 e. The van der Waals surface area contributed by atoms with E-state index in [1.165, 1.54) is 12.1 Å². The molecule has 1 aromatic rings.